The van der Waals surface area contributed by atoms with Gasteiger partial charge in [0.2, 0.25) is 5.91 Å². The minimum Gasteiger partial charge on any atom is -0.355 e. The molecule has 0 aliphatic heterocycles. The van der Waals surface area contributed by atoms with Crippen molar-refractivity contribution in [2.45, 2.75) is 18.6 Å². The minimum absolute atomic E-state index is 0.102. The van der Waals surface area contributed by atoms with Crippen molar-refractivity contribution in [2.75, 3.05) is 12.3 Å². The van der Waals surface area contributed by atoms with Gasteiger partial charge in [-0.15, -0.1) is 11.8 Å². The Morgan fingerprint density at radius 2 is 1.82 bits per heavy atom. The number of halogens is 1. The van der Waals surface area contributed by atoms with Crippen LogP contribution in [-0.4, -0.2) is 18.2 Å². The average molecular weight is 378 g/mol. The number of thioether (sulfide) groups is 1. The number of carbonyl (C=O) groups is 1. The smallest absolute Gasteiger partial charge is 0.230 e. The van der Waals surface area contributed by atoms with E-state index in [0.29, 0.717) is 18.2 Å². The standard InChI is InChI=1S/C18H20BrNOS/c1-14(16-5-3-2-4-6-16)11-20-18(21)13-22-12-15-7-9-17(19)10-8-15/h2-10,14H,11-13H2,1H3,(H,20,21)/t14-/m1/s1. The molecule has 1 atom stereocenters. The lowest BCUT2D eigenvalue weighted by molar-refractivity contribution is -0.118. The van der Waals surface area contributed by atoms with E-state index < -0.39 is 0 Å². The van der Waals surface area contributed by atoms with Gasteiger partial charge in [0.1, 0.15) is 0 Å². The Morgan fingerprint density at radius 1 is 1.14 bits per heavy atom. The first-order valence-electron chi connectivity index (χ1n) is 7.29. The van der Waals surface area contributed by atoms with Gasteiger partial charge in [0, 0.05) is 16.8 Å². The van der Waals surface area contributed by atoms with Gasteiger partial charge in [-0.1, -0.05) is 65.3 Å². The normalized spacial score (nSPS) is 11.9. The van der Waals surface area contributed by atoms with Crippen LogP contribution < -0.4 is 5.32 Å². The number of hydrogen-bond acceptors (Lipinski definition) is 2. The van der Waals surface area contributed by atoms with E-state index in [2.05, 4.69) is 52.4 Å². The molecule has 0 saturated carbocycles. The summed E-state index contributed by atoms with van der Waals surface area (Å²) in [5.74, 6) is 1.79. The molecule has 1 amide bonds. The molecule has 1 N–H and O–H groups in total. The number of hydrogen-bond donors (Lipinski definition) is 1. The Morgan fingerprint density at radius 3 is 2.50 bits per heavy atom. The lowest BCUT2D eigenvalue weighted by Crippen LogP contribution is -2.29. The fraction of sp³-hybridized carbons (Fsp3) is 0.278. The maximum atomic E-state index is 11.9. The Balaban J connectivity index is 1.66. The molecule has 0 unspecified atom stereocenters. The molecule has 0 heterocycles. The van der Waals surface area contributed by atoms with E-state index in [1.54, 1.807) is 11.8 Å². The van der Waals surface area contributed by atoms with E-state index in [9.17, 15) is 4.79 Å². The van der Waals surface area contributed by atoms with Crippen LogP contribution in [0, 0.1) is 0 Å². The molecule has 0 aromatic heterocycles. The summed E-state index contributed by atoms with van der Waals surface area (Å²) in [6.07, 6.45) is 0. The third kappa shape index (κ3) is 5.85. The predicted octanol–water partition coefficient (Wildman–Crippen LogP) is 4.60. The fourth-order valence-electron chi connectivity index (χ4n) is 2.06. The van der Waals surface area contributed by atoms with Gasteiger partial charge in [-0.2, -0.15) is 0 Å². The maximum Gasteiger partial charge on any atom is 0.230 e. The summed E-state index contributed by atoms with van der Waals surface area (Å²) in [4.78, 5) is 11.9. The van der Waals surface area contributed by atoms with Gasteiger partial charge in [0.25, 0.3) is 0 Å². The molecule has 2 aromatic carbocycles. The Kier molecular flexibility index (Phi) is 7.00. The molecular formula is C18H20BrNOS. The molecule has 22 heavy (non-hydrogen) atoms. The van der Waals surface area contributed by atoms with Crippen molar-refractivity contribution < 1.29 is 4.79 Å². The van der Waals surface area contributed by atoms with Crippen LogP contribution in [0.2, 0.25) is 0 Å². The number of amides is 1. The fourth-order valence-corrected chi connectivity index (χ4v) is 3.14. The van der Waals surface area contributed by atoms with Crippen LogP contribution in [0.5, 0.6) is 0 Å². The lowest BCUT2D eigenvalue weighted by Gasteiger charge is -2.13. The van der Waals surface area contributed by atoms with Crippen LogP contribution in [0.25, 0.3) is 0 Å². The zero-order valence-corrected chi connectivity index (χ0v) is 15.0. The molecule has 0 bridgehead atoms. The van der Waals surface area contributed by atoms with E-state index in [0.717, 1.165) is 10.2 Å². The Bertz CT molecular complexity index is 586. The van der Waals surface area contributed by atoms with Crippen molar-refractivity contribution >= 4 is 33.6 Å². The van der Waals surface area contributed by atoms with Gasteiger partial charge < -0.3 is 5.32 Å². The summed E-state index contributed by atoms with van der Waals surface area (Å²) in [7, 11) is 0. The van der Waals surface area contributed by atoms with E-state index in [-0.39, 0.29) is 5.91 Å². The molecular weight excluding hydrogens is 358 g/mol. The SMILES string of the molecule is C[C@H](CNC(=O)CSCc1ccc(Br)cc1)c1ccccc1. The first-order chi connectivity index (χ1) is 10.6. The molecule has 2 aromatic rings. The van der Waals surface area contributed by atoms with E-state index in [1.807, 2.05) is 30.3 Å². The average Bonchev–Trinajstić information content (AvgIpc) is 2.55. The van der Waals surface area contributed by atoms with Gasteiger partial charge >= 0.3 is 0 Å². The molecule has 116 valence electrons. The van der Waals surface area contributed by atoms with E-state index in [1.165, 1.54) is 11.1 Å². The van der Waals surface area contributed by atoms with Crippen LogP contribution in [0.15, 0.2) is 59.1 Å². The lowest BCUT2D eigenvalue weighted by atomic mass is 10.0. The zero-order chi connectivity index (χ0) is 15.8. The largest absolute Gasteiger partial charge is 0.355 e. The predicted molar refractivity (Wildman–Crippen MR) is 98.2 cm³/mol. The van der Waals surface area contributed by atoms with E-state index >= 15 is 0 Å². The summed E-state index contributed by atoms with van der Waals surface area (Å²) in [6.45, 7) is 2.81. The van der Waals surface area contributed by atoms with Crippen molar-refractivity contribution in [3.8, 4) is 0 Å². The van der Waals surface area contributed by atoms with Crippen molar-refractivity contribution in [3.05, 3.63) is 70.2 Å². The monoisotopic (exact) mass is 377 g/mol. The van der Waals surface area contributed by atoms with Crippen LogP contribution in [0.1, 0.15) is 24.0 Å². The van der Waals surface area contributed by atoms with Gasteiger partial charge in [0.15, 0.2) is 0 Å². The van der Waals surface area contributed by atoms with Crippen LogP contribution in [-0.2, 0) is 10.5 Å². The van der Waals surface area contributed by atoms with Crippen molar-refractivity contribution in [1.29, 1.82) is 0 Å². The number of carbonyl (C=O) groups excluding carboxylic acids is 1. The van der Waals surface area contributed by atoms with Gasteiger partial charge in [-0.05, 0) is 29.2 Å². The van der Waals surface area contributed by atoms with Crippen LogP contribution in [0.4, 0.5) is 0 Å². The molecule has 2 rings (SSSR count). The van der Waals surface area contributed by atoms with Gasteiger partial charge in [-0.25, -0.2) is 0 Å². The molecule has 0 aliphatic carbocycles. The highest BCUT2D eigenvalue weighted by Gasteiger charge is 2.07. The van der Waals surface area contributed by atoms with Crippen molar-refractivity contribution in [3.63, 3.8) is 0 Å². The Labute approximate surface area is 144 Å². The number of benzene rings is 2. The third-order valence-electron chi connectivity index (χ3n) is 3.39. The van der Waals surface area contributed by atoms with Gasteiger partial charge in [0.05, 0.1) is 5.75 Å². The van der Waals surface area contributed by atoms with Crippen LogP contribution in [0.3, 0.4) is 0 Å². The first-order valence-corrected chi connectivity index (χ1v) is 9.24. The molecule has 0 spiro atoms. The molecule has 0 aliphatic rings. The van der Waals surface area contributed by atoms with Crippen LogP contribution >= 0.6 is 27.7 Å². The number of rotatable bonds is 7. The van der Waals surface area contributed by atoms with Crippen molar-refractivity contribution in [1.82, 2.24) is 5.32 Å². The van der Waals surface area contributed by atoms with Gasteiger partial charge in [-0.3, -0.25) is 4.79 Å². The van der Waals surface area contributed by atoms with E-state index in [4.69, 9.17) is 0 Å². The topological polar surface area (TPSA) is 29.1 Å². The highest BCUT2D eigenvalue weighted by atomic mass is 79.9. The second-order valence-corrected chi connectivity index (χ2v) is 7.14. The maximum absolute atomic E-state index is 11.9. The third-order valence-corrected chi connectivity index (χ3v) is 4.92. The summed E-state index contributed by atoms with van der Waals surface area (Å²) in [5, 5.41) is 3.01. The molecule has 0 saturated heterocycles. The summed E-state index contributed by atoms with van der Waals surface area (Å²) >= 11 is 5.06. The first kappa shape index (κ1) is 17.1. The highest BCUT2D eigenvalue weighted by molar-refractivity contribution is 9.10. The summed E-state index contributed by atoms with van der Waals surface area (Å²) in [5.41, 5.74) is 2.49. The minimum atomic E-state index is 0.102. The highest BCUT2D eigenvalue weighted by Crippen LogP contribution is 2.16. The second kappa shape index (κ2) is 9.01. The molecule has 0 fully saturated rings. The van der Waals surface area contributed by atoms with Crippen molar-refractivity contribution in [2.24, 2.45) is 0 Å². The quantitative estimate of drug-likeness (QED) is 0.763. The summed E-state index contributed by atoms with van der Waals surface area (Å²) < 4.78 is 1.08. The molecule has 0 radical (unpaired) electrons. The molecule has 4 heteroatoms. The molecule has 2 nitrogen and oxygen atoms in total. The zero-order valence-electron chi connectivity index (χ0n) is 12.6. The Hall–Kier alpha value is -1.26. The number of nitrogens with one attached hydrogen (secondary N) is 1. The second-order valence-electron chi connectivity index (χ2n) is 5.24. The summed E-state index contributed by atoms with van der Waals surface area (Å²) in [6, 6.07) is 18.5.